The number of halogens is 1. The van der Waals surface area contributed by atoms with E-state index in [0.717, 1.165) is 6.26 Å². The van der Waals surface area contributed by atoms with Crippen molar-refractivity contribution in [2.24, 2.45) is 0 Å². The molecule has 0 unspecified atom stereocenters. The molecule has 1 aromatic rings. The van der Waals surface area contributed by atoms with E-state index in [1.54, 1.807) is 18.2 Å². The fourth-order valence-electron chi connectivity index (χ4n) is 2.68. The van der Waals surface area contributed by atoms with Crippen LogP contribution in [0.5, 0.6) is 0 Å². The number of sulfone groups is 1. The maximum absolute atomic E-state index is 12.7. The average Bonchev–Trinajstić information content (AvgIpc) is 2.54. The number of ether oxygens (including phenoxy) is 1. The van der Waals surface area contributed by atoms with Crippen molar-refractivity contribution < 1.29 is 22.7 Å². The average molecular weight is 377 g/mol. The Morgan fingerprint density at radius 3 is 2.42 bits per heavy atom. The molecule has 0 saturated carbocycles. The van der Waals surface area contributed by atoms with Crippen molar-refractivity contribution >= 4 is 39.8 Å². The second-order valence-electron chi connectivity index (χ2n) is 5.54. The molecule has 1 aromatic carbocycles. The highest BCUT2D eigenvalue weighted by Gasteiger charge is 2.48. The zero-order valence-corrected chi connectivity index (χ0v) is 15.1. The largest absolute Gasteiger partial charge is 0.465 e. The molecule has 9 heteroatoms. The molecule has 2 N–H and O–H groups in total. The summed E-state index contributed by atoms with van der Waals surface area (Å²) < 4.78 is 27.6. The normalized spacial score (nSPS) is 16.6. The predicted molar refractivity (Wildman–Crippen MR) is 93.3 cm³/mol. The summed E-state index contributed by atoms with van der Waals surface area (Å²) in [6.07, 6.45) is 1.52. The molecular weight excluding hydrogens is 356 g/mol. The third-order valence-corrected chi connectivity index (χ3v) is 6.09. The molecule has 1 saturated heterocycles. The Morgan fingerprint density at radius 1 is 1.25 bits per heavy atom. The summed E-state index contributed by atoms with van der Waals surface area (Å²) in [6, 6.07) is 6.21. The zero-order valence-electron chi connectivity index (χ0n) is 13.5. The van der Waals surface area contributed by atoms with Gasteiger partial charge in [0.05, 0.1) is 12.7 Å². The molecule has 0 aliphatic carbocycles. The van der Waals surface area contributed by atoms with Gasteiger partial charge in [0.15, 0.2) is 14.6 Å². The van der Waals surface area contributed by atoms with Crippen molar-refractivity contribution in [3.63, 3.8) is 0 Å². The van der Waals surface area contributed by atoms with Crippen LogP contribution in [-0.4, -0.2) is 51.5 Å². The van der Waals surface area contributed by atoms with Crippen LogP contribution < -0.4 is 10.6 Å². The third-order valence-electron chi connectivity index (χ3n) is 4.08. The van der Waals surface area contributed by atoms with Gasteiger partial charge in [0.25, 0.3) is 0 Å². The lowest BCUT2D eigenvalue weighted by Gasteiger charge is -2.34. The maximum Gasteiger partial charge on any atom is 0.337 e. The van der Waals surface area contributed by atoms with E-state index in [1.807, 2.05) is 0 Å². The fourth-order valence-corrected chi connectivity index (χ4v) is 4.02. The number of amides is 1. The van der Waals surface area contributed by atoms with Crippen molar-refractivity contribution in [2.75, 3.05) is 31.8 Å². The summed E-state index contributed by atoms with van der Waals surface area (Å²) in [5.41, 5.74) is 0.642. The lowest BCUT2D eigenvalue weighted by molar-refractivity contribution is -0.119. The predicted octanol–water partition coefficient (Wildman–Crippen LogP) is 1.00. The van der Waals surface area contributed by atoms with E-state index in [1.165, 1.54) is 13.2 Å². The molecule has 2 rings (SSSR count). The third kappa shape index (κ3) is 4.06. The highest BCUT2D eigenvalue weighted by molar-refractivity contribution is 7.92. The topological polar surface area (TPSA) is 102 Å². The second kappa shape index (κ2) is 7.96. The first-order valence-electron chi connectivity index (χ1n) is 7.20. The Kier molecular flexibility index (Phi) is 6.76. The van der Waals surface area contributed by atoms with Gasteiger partial charge in [0, 0.05) is 11.9 Å². The van der Waals surface area contributed by atoms with E-state index >= 15 is 0 Å². The van der Waals surface area contributed by atoms with Crippen molar-refractivity contribution in [3.8, 4) is 0 Å². The van der Waals surface area contributed by atoms with E-state index in [2.05, 4.69) is 15.4 Å². The maximum atomic E-state index is 12.7. The highest BCUT2D eigenvalue weighted by atomic mass is 35.5. The van der Waals surface area contributed by atoms with Crippen molar-refractivity contribution in [2.45, 2.75) is 17.6 Å². The molecule has 24 heavy (non-hydrogen) atoms. The number of carbonyl (C=O) groups excluding carboxylic acids is 2. The molecule has 0 spiro atoms. The fraction of sp³-hybridized carbons (Fsp3) is 0.467. The van der Waals surface area contributed by atoms with Crippen molar-refractivity contribution in [1.82, 2.24) is 5.32 Å². The second-order valence-corrected chi connectivity index (χ2v) is 7.87. The molecule has 1 fully saturated rings. The van der Waals surface area contributed by atoms with E-state index in [4.69, 9.17) is 0 Å². The summed E-state index contributed by atoms with van der Waals surface area (Å²) in [5.74, 6) is -1.09. The molecule has 1 heterocycles. The van der Waals surface area contributed by atoms with E-state index in [9.17, 15) is 18.0 Å². The summed E-state index contributed by atoms with van der Waals surface area (Å²) >= 11 is 0. The van der Waals surface area contributed by atoms with E-state index in [0.29, 0.717) is 18.8 Å². The Hall–Kier alpha value is -1.64. The SMILES string of the molecule is COC(=O)c1cccc(NC(=O)C2(S(C)(=O)=O)CCNCC2)c1.Cl. The van der Waals surface area contributed by atoms with Crippen LogP contribution >= 0.6 is 12.4 Å². The smallest absolute Gasteiger partial charge is 0.337 e. The minimum absolute atomic E-state index is 0. The summed E-state index contributed by atoms with van der Waals surface area (Å²) in [7, 11) is -2.32. The van der Waals surface area contributed by atoms with Gasteiger partial charge in [-0.25, -0.2) is 13.2 Å². The van der Waals surface area contributed by atoms with Gasteiger partial charge in [-0.15, -0.1) is 12.4 Å². The van der Waals surface area contributed by atoms with Crippen LogP contribution in [0.1, 0.15) is 23.2 Å². The van der Waals surface area contributed by atoms with Crippen LogP contribution in [0.3, 0.4) is 0 Å². The Bertz CT molecular complexity index is 714. The molecular formula is C15H21ClN2O5S. The zero-order chi connectivity index (χ0) is 17.1. The molecule has 0 atom stereocenters. The van der Waals surface area contributed by atoms with Gasteiger partial charge in [0.2, 0.25) is 5.91 Å². The first-order chi connectivity index (χ1) is 10.8. The Labute approximate surface area is 147 Å². The van der Waals surface area contributed by atoms with Gasteiger partial charge < -0.3 is 15.4 Å². The van der Waals surface area contributed by atoms with Crippen LogP contribution in [0.4, 0.5) is 5.69 Å². The Balaban J connectivity index is 0.00000288. The number of nitrogens with one attached hydrogen (secondary N) is 2. The van der Waals surface area contributed by atoms with Crippen LogP contribution in [0.15, 0.2) is 24.3 Å². The van der Waals surface area contributed by atoms with Gasteiger partial charge in [-0.05, 0) is 44.1 Å². The number of esters is 1. The summed E-state index contributed by atoms with van der Waals surface area (Å²) in [5, 5.41) is 5.68. The monoisotopic (exact) mass is 376 g/mol. The van der Waals surface area contributed by atoms with Crippen LogP contribution in [0, 0.1) is 0 Å². The highest BCUT2D eigenvalue weighted by Crippen LogP contribution is 2.29. The molecule has 1 aliphatic rings. The number of hydrogen-bond acceptors (Lipinski definition) is 6. The summed E-state index contributed by atoms with van der Waals surface area (Å²) in [4.78, 5) is 24.2. The number of carbonyl (C=O) groups is 2. The standard InChI is InChI=1S/C15H20N2O5S.ClH/c1-22-13(18)11-4-3-5-12(10-11)17-14(19)15(23(2,20)21)6-8-16-9-7-15;/h3-5,10,16H,6-9H2,1-2H3,(H,17,19);1H. The van der Waals surface area contributed by atoms with Gasteiger partial charge in [-0.2, -0.15) is 0 Å². The first-order valence-corrected chi connectivity index (χ1v) is 9.09. The minimum Gasteiger partial charge on any atom is -0.465 e. The molecule has 0 radical (unpaired) electrons. The van der Waals surface area contributed by atoms with Crippen LogP contribution in [0.2, 0.25) is 0 Å². The number of hydrogen-bond donors (Lipinski definition) is 2. The number of piperidine rings is 1. The van der Waals surface area contributed by atoms with Gasteiger partial charge in [-0.1, -0.05) is 6.07 Å². The molecule has 1 aliphatic heterocycles. The molecule has 7 nitrogen and oxygen atoms in total. The van der Waals surface area contributed by atoms with Crippen molar-refractivity contribution in [1.29, 1.82) is 0 Å². The van der Waals surface area contributed by atoms with Gasteiger partial charge >= 0.3 is 5.97 Å². The molecule has 134 valence electrons. The Morgan fingerprint density at radius 2 is 1.88 bits per heavy atom. The minimum atomic E-state index is -3.58. The van der Waals surface area contributed by atoms with Crippen molar-refractivity contribution in [3.05, 3.63) is 29.8 Å². The number of benzene rings is 1. The lowest BCUT2D eigenvalue weighted by atomic mass is 9.95. The number of anilines is 1. The quantitative estimate of drug-likeness (QED) is 0.760. The van der Waals surface area contributed by atoms with E-state index in [-0.39, 0.29) is 30.8 Å². The molecule has 1 amide bonds. The number of methoxy groups -OCH3 is 1. The summed E-state index contributed by atoms with van der Waals surface area (Å²) in [6.45, 7) is 0.922. The van der Waals surface area contributed by atoms with Gasteiger partial charge in [0.1, 0.15) is 0 Å². The molecule has 0 bridgehead atoms. The van der Waals surface area contributed by atoms with Crippen LogP contribution in [-0.2, 0) is 19.4 Å². The number of rotatable bonds is 4. The van der Waals surface area contributed by atoms with E-state index < -0.39 is 26.5 Å². The van der Waals surface area contributed by atoms with Crippen LogP contribution in [0.25, 0.3) is 0 Å². The lowest BCUT2D eigenvalue weighted by Crippen LogP contribution is -2.55. The first kappa shape index (κ1) is 20.4. The molecule has 0 aromatic heterocycles. The van der Waals surface area contributed by atoms with Gasteiger partial charge in [-0.3, -0.25) is 4.79 Å².